The maximum absolute atomic E-state index is 14.0. The average Bonchev–Trinajstić information content (AvgIpc) is 3.30. The van der Waals surface area contributed by atoms with Crippen LogP contribution in [0.2, 0.25) is 0 Å². The van der Waals surface area contributed by atoms with E-state index in [2.05, 4.69) is 39.8 Å². The van der Waals surface area contributed by atoms with E-state index < -0.39 is 11.6 Å². The predicted octanol–water partition coefficient (Wildman–Crippen LogP) is 4.15. The molecule has 0 saturated carbocycles. The highest BCUT2D eigenvalue weighted by Crippen LogP contribution is 2.24. The topological polar surface area (TPSA) is 52.6 Å². The summed E-state index contributed by atoms with van der Waals surface area (Å²) >= 11 is 1.70. The van der Waals surface area contributed by atoms with Crippen LogP contribution >= 0.6 is 35.3 Å². The largest absolute Gasteiger partial charge is 0.367 e. The zero-order valence-corrected chi connectivity index (χ0v) is 20.1. The van der Waals surface area contributed by atoms with Crippen molar-refractivity contribution in [2.45, 2.75) is 38.6 Å². The van der Waals surface area contributed by atoms with Crippen molar-refractivity contribution in [2.75, 3.05) is 31.6 Å². The van der Waals surface area contributed by atoms with Crippen LogP contribution in [0.25, 0.3) is 0 Å². The monoisotopic (exact) mass is 535 g/mol. The Kier molecular flexibility index (Phi) is 9.06. The van der Waals surface area contributed by atoms with Crippen LogP contribution in [0, 0.1) is 11.6 Å². The molecule has 3 rings (SSSR count). The first kappa shape index (κ1) is 23.8. The fourth-order valence-corrected chi connectivity index (χ4v) is 4.10. The molecular formula is C20H28F2IN5S. The molecule has 1 atom stereocenters. The number of benzene rings is 1. The number of guanidine groups is 1. The molecule has 9 heteroatoms. The van der Waals surface area contributed by atoms with E-state index in [4.69, 9.17) is 0 Å². The SMILES string of the molecule is CN=C(NCCc1csc(C(C)C)n1)NC1CCN(c2ccc(F)cc2F)C1.I. The minimum Gasteiger partial charge on any atom is -0.367 e. The second kappa shape index (κ2) is 11.1. The van der Waals surface area contributed by atoms with Gasteiger partial charge < -0.3 is 15.5 Å². The van der Waals surface area contributed by atoms with Crippen LogP contribution in [-0.2, 0) is 6.42 Å². The lowest BCUT2D eigenvalue weighted by Gasteiger charge is -2.21. The van der Waals surface area contributed by atoms with E-state index in [0.717, 1.165) is 42.1 Å². The molecule has 5 nitrogen and oxygen atoms in total. The second-order valence-corrected chi connectivity index (χ2v) is 8.14. The zero-order chi connectivity index (χ0) is 20.1. The third-order valence-electron chi connectivity index (χ3n) is 4.74. The van der Waals surface area contributed by atoms with Crippen LogP contribution in [0.3, 0.4) is 0 Å². The van der Waals surface area contributed by atoms with Gasteiger partial charge in [-0.2, -0.15) is 0 Å². The molecule has 1 fully saturated rings. The minimum absolute atomic E-state index is 0. The molecule has 1 aromatic heterocycles. The van der Waals surface area contributed by atoms with E-state index in [1.54, 1.807) is 18.4 Å². The fourth-order valence-electron chi connectivity index (χ4n) is 3.23. The Morgan fingerprint density at radius 3 is 2.83 bits per heavy atom. The molecule has 160 valence electrons. The number of thiazole rings is 1. The number of nitrogens with one attached hydrogen (secondary N) is 2. The molecule has 2 heterocycles. The number of aliphatic imine (C=N–C) groups is 1. The minimum atomic E-state index is -0.555. The quantitative estimate of drug-likeness (QED) is 0.332. The molecule has 1 saturated heterocycles. The van der Waals surface area contributed by atoms with Crippen molar-refractivity contribution in [1.82, 2.24) is 15.6 Å². The first-order valence-corrected chi connectivity index (χ1v) is 10.5. The highest BCUT2D eigenvalue weighted by atomic mass is 127. The maximum atomic E-state index is 14.0. The highest BCUT2D eigenvalue weighted by molar-refractivity contribution is 14.0. The molecule has 0 bridgehead atoms. The van der Waals surface area contributed by atoms with Crippen molar-refractivity contribution in [2.24, 2.45) is 4.99 Å². The van der Waals surface area contributed by atoms with E-state index in [-0.39, 0.29) is 30.0 Å². The van der Waals surface area contributed by atoms with Gasteiger partial charge in [0.15, 0.2) is 5.96 Å². The Labute approximate surface area is 192 Å². The van der Waals surface area contributed by atoms with Gasteiger partial charge in [-0.1, -0.05) is 13.8 Å². The molecule has 2 aromatic rings. The summed E-state index contributed by atoms with van der Waals surface area (Å²) in [5.41, 5.74) is 1.54. The lowest BCUT2D eigenvalue weighted by molar-refractivity contribution is 0.580. The second-order valence-electron chi connectivity index (χ2n) is 7.25. The van der Waals surface area contributed by atoms with Crippen LogP contribution in [0.5, 0.6) is 0 Å². The van der Waals surface area contributed by atoms with Crippen LogP contribution < -0.4 is 15.5 Å². The number of aromatic nitrogens is 1. The van der Waals surface area contributed by atoms with Gasteiger partial charge >= 0.3 is 0 Å². The molecule has 1 aromatic carbocycles. The van der Waals surface area contributed by atoms with Crippen molar-refractivity contribution in [3.8, 4) is 0 Å². The number of halogens is 3. The molecule has 1 aliphatic heterocycles. The molecule has 2 N–H and O–H groups in total. The van der Waals surface area contributed by atoms with Crippen molar-refractivity contribution in [1.29, 1.82) is 0 Å². The van der Waals surface area contributed by atoms with Gasteiger partial charge in [-0.3, -0.25) is 4.99 Å². The first-order chi connectivity index (χ1) is 13.5. The molecular weight excluding hydrogens is 507 g/mol. The first-order valence-electron chi connectivity index (χ1n) is 9.57. The summed E-state index contributed by atoms with van der Waals surface area (Å²) in [6.07, 6.45) is 1.70. The number of nitrogens with zero attached hydrogens (tertiary/aromatic N) is 3. The van der Waals surface area contributed by atoms with E-state index in [0.29, 0.717) is 24.7 Å². The van der Waals surface area contributed by atoms with Crippen LogP contribution in [0.1, 0.15) is 36.9 Å². The fraction of sp³-hybridized carbons (Fsp3) is 0.500. The number of anilines is 1. The Morgan fingerprint density at radius 1 is 1.38 bits per heavy atom. The zero-order valence-electron chi connectivity index (χ0n) is 16.9. The summed E-state index contributed by atoms with van der Waals surface area (Å²) in [4.78, 5) is 10.9. The number of hydrogen-bond acceptors (Lipinski definition) is 4. The lowest BCUT2D eigenvalue weighted by Crippen LogP contribution is -2.45. The van der Waals surface area contributed by atoms with Crippen molar-refractivity contribution in [3.05, 3.63) is 45.9 Å². The van der Waals surface area contributed by atoms with Crippen LogP contribution in [0.15, 0.2) is 28.6 Å². The molecule has 0 spiro atoms. The van der Waals surface area contributed by atoms with Gasteiger partial charge in [-0.15, -0.1) is 35.3 Å². The standard InChI is InChI=1S/C20H27F2N5S.HI/c1-13(2)19-25-16(12-28-19)6-8-24-20(23-3)26-15-7-9-27(11-15)18-5-4-14(21)10-17(18)22;/h4-5,10,12-13,15H,6-9,11H2,1-3H3,(H2,23,24,26);1H. The summed E-state index contributed by atoms with van der Waals surface area (Å²) in [7, 11) is 1.74. The van der Waals surface area contributed by atoms with E-state index in [1.165, 1.54) is 12.1 Å². The van der Waals surface area contributed by atoms with E-state index in [1.807, 2.05) is 4.90 Å². The Bertz CT molecular complexity index is 827. The van der Waals surface area contributed by atoms with Crippen molar-refractivity contribution < 1.29 is 8.78 Å². The predicted molar refractivity (Wildman–Crippen MR) is 127 cm³/mol. The summed E-state index contributed by atoms with van der Waals surface area (Å²) in [6, 6.07) is 3.88. The van der Waals surface area contributed by atoms with Gasteiger partial charge in [0.05, 0.1) is 16.4 Å². The van der Waals surface area contributed by atoms with Gasteiger partial charge in [-0.25, -0.2) is 13.8 Å². The highest BCUT2D eigenvalue weighted by Gasteiger charge is 2.25. The third-order valence-corrected chi connectivity index (χ3v) is 5.93. The summed E-state index contributed by atoms with van der Waals surface area (Å²) in [5.74, 6) is 0.107. The summed E-state index contributed by atoms with van der Waals surface area (Å²) in [5, 5.41) is 9.98. The molecule has 0 radical (unpaired) electrons. The summed E-state index contributed by atoms with van der Waals surface area (Å²) in [6.45, 7) is 6.40. The average molecular weight is 535 g/mol. The van der Waals surface area contributed by atoms with Gasteiger partial charge in [-0.05, 0) is 18.6 Å². The third kappa shape index (κ3) is 6.50. The maximum Gasteiger partial charge on any atom is 0.191 e. The molecule has 29 heavy (non-hydrogen) atoms. The number of rotatable bonds is 6. The van der Waals surface area contributed by atoms with Gasteiger partial charge in [0.25, 0.3) is 0 Å². The molecule has 1 unspecified atom stereocenters. The smallest absolute Gasteiger partial charge is 0.191 e. The Hall–Kier alpha value is -1.49. The number of hydrogen-bond donors (Lipinski definition) is 2. The van der Waals surface area contributed by atoms with E-state index >= 15 is 0 Å². The molecule has 0 aliphatic carbocycles. The van der Waals surface area contributed by atoms with Gasteiger partial charge in [0.1, 0.15) is 11.6 Å². The molecule has 1 aliphatic rings. The van der Waals surface area contributed by atoms with Crippen LogP contribution in [0.4, 0.5) is 14.5 Å². The van der Waals surface area contributed by atoms with Crippen molar-refractivity contribution >= 4 is 47.0 Å². The van der Waals surface area contributed by atoms with Gasteiger partial charge in [0, 0.05) is 56.5 Å². The molecule has 0 amide bonds. The Morgan fingerprint density at radius 2 is 2.17 bits per heavy atom. The van der Waals surface area contributed by atoms with Gasteiger partial charge in [0.2, 0.25) is 0 Å². The Balaban J connectivity index is 0.00000300. The van der Waals surface area contributed by atoms with E-state index in [9.17, 15) is 8.78 Å². The normalized spacial score (nSPS) is 16.8. The van der Waals surface area contributed by atoms with Crippen LogP contribution in [-0.4, -0.2) is 43.7 Å². The summed E-state index contributed by atoms with van der Waals surface area (Å²) < 4.78 is 27.1. The van der Waals surface area contributed by atoms with Crippen molar-refractivity contribution in [3.63, 3.8) is 0 Å². The lowest BCUT2D eigenvalue weighted by atomic mass is 10.2.